The van der Waals surface area contributed by atoms with Gasteiger partial charge >= 0.3 is 0 Å². The molecule has 3 rings (SSSR count). The monoisotopic (exact) mass is 342 g/mol. The van der Waals surface area contributed by atoms with E-state index in [2.05, 4.69) is 10.3 Å². The van der Waals surface area contributed by atoms with Crippen LogP contribution in [0.2, 0.25) is 0 Å². The summed E-state index contributed by atoms with van der Waals surface area (Å²) in [6.07, 6.45) is 5.05. The highest BCUT2D eigenvalue weighted by molar-refractivity contribution is 7.11. The summed E-state index contributed by atoms with van der Waals surface area (Å²) in [7, 11) is 0. The van der Waals surface area contributed by atoms with Gasteiger partial charge in [-0.2, -0.15) is 0 Å². The molecule has 1 atom stereocenters. The van der Waals surface area contributed by atoms with Crippen LogP contribution in [-0.2, 0) is 17.6 Å². The number of benzene rings is 1. The van der Waals surface area contributed by atoms with Crippen LogP contribution in [0.4, 0.5) is 0 Å². The summed E-state index contributed by atoms with van der Waals surface area (Å²) in [5.41, 5.74) is 1.87. The third-order valence-corrected chi connectivity index (χ3v) is 5.63. The summed E-state index contributed by atoms with van der Waals surface area (Å²) in [6.45, 7) is 1.96. The molecule has 126 valence electrons. The number of nitrogens with zero attached hydrogens (tertiary/aromatic N) is 1. The van der Waals surface area contributed by atoms with Crippen molar-refractivity contribution in [1.29, 1.82) is 0 Å². The number of rotatable bonds is 6. The number of hydrogen-bond acceptors (Lipinski definition) is 4. The van der Waals surface area contributed by atoms with E-state index in [1.54, 1.807) is 23.5 Å². The number of aromatic nitrogens is 1. The third-order valence-electron chi connectivity index (χ3n) is 4.29. The van der Waals surface area contributed by atoms with Gasteiger partial charge in [-0.05, 0) is 32.6 Å². The standard InChI is InChI=1S/C19H22N2O2S/c1-13(19-21-15-9-5-6-10-17(15)24-19)20-18(23)12-11-16(22)14-7-3-2-4-8-14/h2-4,7-8,13H,5-6,9-12H2,1H3,(H,20,23)/t13-/m1/s1. The van der Waals surface area contributed by atoms with Gasteiger partial charge in [0, 0.05) is 23.3 Å². The molecule has 1 aliphatic carbocycles. The van der Waals surface area contributed by atoms with E-state index in [4.69, 9.17) is 0 Å². The number of Topliss-reactive ketones (excluding diaryl/α,β-unsaturated/α-hetero) is 1. The zero-order valence-corrected chi connectivity index (χ0v) is 14.7. The van der Waals surface area contributed by atoms with Gasteiger partial charge in [-0.3, -0.25) is 9.59 Å². The molecule has 0 spiro atoms. The largest absolute Gasteiger partial charge is 0.347 e. The molecule has 1 aromatic carbocycles. The Kier molecular flexibility index (Phi) is 5.41. The van der Waals surface area contributed by atoms with Crippen molar-refractivity contribution in [2.24, 2.45) is 0 Å². The number of carbonyl (C=O) groups excluding carboxylic acids is 2. The van der Waals surface area contributed by atoms with Crippen molar-refractivity contribution >= 4 is 23.0 Å². The fourth-order valence-corrected chi connectivity index (χ4v) is 4.08. The van der Waals surface area contributed by atoms with E-state index >= 15 is 0 Å². The van der Waals surface area contributed by atoms with E-state index in [0.717, 1.165) is 17.8 Å². The predicted molar refractivity (Wildman–Crippen MR) is 95.3 cm³/mol. The predicted octanol–water partition coefficient (Wildman–Crippen LogP) is 3.86. The highest BCUT2D eigenvalue weighted by Gasteiger charge is 2.19. The van der Waals surface area contributed by atoms with Crippen LogP contribution in [0.1, 0.15) is 64.6 Å². The van der Waals surface area contributed by atoms with Gasteiger partial charge < -0.3 is 5.32 Å². The molecule has 24 heavy (non-hydrogen) atoms. The van der Waals surface area contributed by atoms with Crippen molar-refractivity contribution in [2.75, 3.05) is 0 Å². The van der Waals surface area contributed by atoms with E-state index in [0.29, 0.717) is 5.56 Å². The summed E-state index contributed by atoms with van der Waals surface area (Å²) in [6, 6.07) is 9.00. The highest BCUT2D eigenvalue weighted by atomic mass is 32.1. The quantitative estimate of drug-likeness (QED) is 0.811. The van der Waals surface area contributed by atoms with Gasteiger partial charge in [0.15, 0.2) is 5.78 Å². The number of aryl methyl sites for hydroxylation is 2. The number of carbonyl (C=O) groups is 2. The summed E-state index contributed by atoms with van der Waals surface area (Å²) in [4.78, 5) is 30.2. The second-order valence-electron chi connectivity index (χ2n) is 6.21. The third kappa shape index (κ3) is 4.09. The minimum atomic E-state index is -0.0973. The Morgan fingerprint density at radius 1 is 1.17 bits per heavy atom. The number of ketones is 1. The summed E-state index contributed by atoms with van der Waals surface area (Å²) in [5.74, 6) is -0.0944. The van der Waals surface area contributed by atoms with Crippen LogP contribution in [0.25, 0.3) is 0 Å². The molecule has 1 aliphatic rings. The molecule has 0 bridgehead atoms. The summed E-state index contributed by atoms with van der Waals surface area (Å²) in [5, 5.41) is 3.95. The van der Waals surface area contributed by atoms with E-state index in [-0.39, 0.29) is 30.6 Å². The topological polar surface area (TPSA) is 59.1 Å². The molecule has 1 aromatic heterocycles. The smallest absolute Gasteiger partial charge is 0.221 e. The molecular formula is C19H22N2O2S. The van der Waals surface area contributed by atoms with E-state index in [1.165, 1.54) is 23.4 Å². The van der Waals surface area contributed by atoms with E-state index in [1.807, 2.05) is 25.1 Å². The minimum Gasteiger partial charge on any atom is -0.347 e. The van der Waals surface area contributed by atoms with Gasteiger partial charge in [-0.25, -0.2) is 4.98 Å². The van der Waals surface area contributed by atoms with Crippen LogP contribution in [0.3, 0.4) is 0 Å². The van der Waals surface area contributed by atoms with Gasteiger partial charge in [0.1, 0.15) is 5.01 Å². The number of fused-ring (bicyclic) bond motifs is 1. The molecule has 0 unspecified atom stereocenters. The molecule has 1 amide bonds. The Morgan fingerprint density at radius 2 is 1.92 bits per heavy atom. The zero-order chi connectivity index (χ0) is 16.9. The molecule has 1 heterocycles. The first-order valence-electron chi connectivity index (χ1n) is 8.49. The Hall–Kier alpha value is -2.01. The number of thiazole rings is 1. The van der Waals surface area contributed by atoms with Crippen LogP contribution >= 0.6 is 11.3 Å². The molecule has 0 aliphatic heterocycles. The Morgan fingerprint density at radius 3 is 2.67 bits per heavy atom. The normalized spacial score (nSPS) is 14.7. The maximum Gasteiger partial charge on any atom is 0.221 e. The van der Waals surface area contributed by atoms with Crippen LogP contribution in [0.15, 0.2) is 30.3 Å². The summed E-state index contributed by atoms with van der Waals surface area (Å²) >= 11 is 1.71. The first-order chi connectivity index (χ1) is 11.6. The van der Waals surface area contributed by atoms with Crippen molar-refractivity contribution in [3.8, 4) is 0 Å². The summed E-state index contributed by atoms with van der Waals surface area (Å²) < 4.78 is 0. The average Bonchev–Trinajstić information content (AvgIpc) is 3.05. The molecule has 1 N–H and O–H groups in total. The van der Waals surface area contributed by atoms with Crippen LogP contribution in [0, 0.1) is 0 Å². The Labute approximate surface area is 146 Å². The molecule has 2 aromatic rings. The van der Waals surface area contributed by atoms with Crippen molar-refractivity contribution in [3.05, 3.63) is 51.5 Å². The van der Waals surface area contributed by atoms with Gasteiger partial charge in [0.2, 0.25) is 5.91 Å². The van der Waals surface area contributed by atoms with Crippen molar-refractivity contribution in [3.63, 3.8) is 0 Å². The first-order valence-corrected chi connectivity index (χ1v) is 9.31. The fraction of sp³-hybridized carbons (Fsp3) is 0.421. The van der Waals surface area contributed by atoms with Crippen LogP contribution in [0.5, 0.6) is 0 Å². The average molecular weight is 342 g/mol. The van der Waals surface area contributed by atoms with Gasteiger partial charge in [0.05, 0.1) is 11.7 Å². The molecule has 0 saturated carbocycles. The van der Waals surface area contributed by atoms with Crippen LogP contribution in [-0.4, -0.2) is 16.7 Å². The number of nitrogens with one attached hydrogen (secondary N) is 1. The SMILES string of the molecule is C[C@@H](NC(=O)CCC(=O)c1ccccc1)c1nc2c(s1)CCCC2. The lowest BCUT2D eigenvalue weighted by molar-refractivity contribution is -0.121. The maximum absolute atomic E-state index is 12.1. The lowest BCUT2D eigenvalue weighted by Gasteiger charge is -2.11. The van der Waals surface area contributed by atoms with Gasteiger partial charge in [-0.1, -0.05) is 30.3 Å². The van der Waals surface area contributed by atoms with Gasteiger partial charge in [0.25, 0.3) is 0 Å². The zero-order valence-electron chi connectivity index (χ0n) is 13.9. The minimum absolute atomic E-state index is 0.00288. The highest BCUT2D eigenvalue weighted by Crippen LogP contribution is 2.29. The molecule has 0 radical (unpaired) electrons. The molecular weight excluding hydrogens is 320 g/mol. The second kappa shape index (κ2) is 7.71. The van der Waals surface area contributed by atoms with Crippen molar-refractivity contribution < 1.29 is 9.59 Å². The molecule has 4 nitrogen and oxygen atoms in total. The van der Waals surface area contributed by atoms with Gasteiger partial charge in [-0.15, -0.1) is 11.3 Å². The first kappa shape index (κ1) is 16.8. The molecule has 0 saturated heterocycles. The Balaban J connectivity index is 1.51. The lowest BCUT2D eigenvalue weighted by Crippen LogP contribution is -2.26. The second-order valence-corrected chi connectivity index (χ2v) is 7.32. The van der Waals surface area contributed by atoms with Crippen LogP contribution < -0.4 is 5.32 Å². The Bertz CT molecular complexity index is 701. The fourth-order valence-electron chi connectivity index (χ4n) is 2.93. The molecule has 0 fully saturated rings. The maximum atomic E-state index is 12.1. The molecule has 5 heteroatoms. The number of hydrogen-bond donors (Lipinski definition) is 1. The van der Waals surface area contributed by atoms with Crippen molar-refractivity contribution in [2.45, 2.75) is 51.5 Å². The number of amides is 1. The van der Waals surface area contributed by atoms with E-state index in [9.17, 15) is 9.59 Å². The lowest BCUT2D eigenvalue weighted by atomic mass is 10.0. The van der Waals surface area contributed by atoms with E-state index < -0.39 is 0 Å². The van der Waals surface area contributed by atoms with Crippen molar-refractivity contribution in [1.82, 2.24) is 10.3 Å².